The van der Waals surface area contributed by atoms with Crippen LogP contribution in [0.25, 0.3) is 0 Å². The lowest BCUT2D eigenvalue weighted by molar-refractivity contribution is -0.228. The van der Waals surface area contributed by atoms with E-state index >= 15 is 8.78 Å². The van der Waals surface area contributed by atoms with Gasteiger partial charge in [-0.15, -0.1) is 0 Å². The van der Waals surface area contributed by atoms with Crippen LogP contribution in [-0.4, -0.2) is 58.5 Å². The fraction of sp³-hybridized carbons (Fsp3) is 0.647. The first kappa shape index (κ1) is 28.4. The van der Waals surface area contributed by atoms with E-state index in [1.807, 2.05) is 19.1 Å². The summed E-state index contributed by atoms with van der Waals surface area (Å²) in [5, 5.41) is 23.6. The van der Waals surface area contributed by atoms with Crippen LogP contribution >= 0.6 is 0 Å². The van der Waals surface area contributed by atoms with Crippen LogP contribution in [-0.2, 0) is 14.4 Å². The Kier molecular flexibility index (Phi) is 6.44. The standard InChI is InChI=1S/C34H41F2NO5/c1-31-13-12-24(39)15-27(31)28(35)16-26-25-14-22-18-37(23-10-8-21(9-11-23)20-6-4-3-5-7-20)42-34(22,30(41)19-38)32(25,2)17-29(40)33(26,31)36/h8-13,15,20,22,25-26,28-29,38,40H,3-7,14,16-19H2,1-2H3/t22-,25-,26-,28-,29-,31-,32-,33-,34-/m0/s1. The van der Waals surface area contributed by atoms with Crippen molar-refractivity contribution in [3.63, 3.8) is 0 Å². The highest BCUT2D eigenvalue weighted by Gasteiger charge is 2.79. The zero-order chi connectivity index (χ0) is 29.7. The average Bonchev–Trinajstić information content (AvgIpc) is 3.49. The third-order valence-corrected chi connectivity index (χ3v) is 12.4. The fourth-order valence-corrected chi connectivity index (χ4v) is 10.4. The lowest BCUT2D eigenvalue weighted by atomic mass is 9.44. The molecule has 0 bridgehead atoms. The topological polar surface area (TPSA) is 87.1 Å². The number of carbonyl (C=O) groups is 2. The van der Waals surface area contributed by atoms with Crippen molar-refractivity contribution in [3.05, 3.63) is 53.6 Å². The molecule has 0 unspecified atom stereocenters. The molecule has 0 radical (unpaired) electrons. The van der Waals surface area contributed by atoms with Crippen LogP contribution in [0.4, 0.5) is 14.5 Å². The first-order chi connectivity index (χ1) is 20.0. The molecule has 1 saturated heterocycles. The minimum Gasteiger partial charge on any atom is -0.390 e. The van der Waals surface area contributed by atoms with Gasteiger partial charge in [-0.2, -0.15) is 0 Å². The molecule has 9 atom stereocenters. The Hall–Kier alpha value is -2.42. The molecule has 4 saturated carbocycles. The lowest BCUT2D eigenvalue weighted by Crippen LogP contribution is -2.70. The number of hydrogen-bond acceptors (Lipinski definition) is 6. The number of aliphatic hydroxyl groups is 2. The number of hydrogen-bond donors (Lipinski definition) is 2. The molecular weight excluding hydrogens is 540 g/mol. The lowest BCUT2D eigenvalue weighted by Gasteiger charge is -2.63. The maximum Gasteiger partial charge on any atom is 0.193 e. The molecule has 2 N–H and O–H groups in total. The van der Waals surface area contributed by atoms with E-state index in [0.29, 0.717) is 18.9 Å². The molecule has 6 aliphatic rings. The maximum absolute atomic E-state index is 17.6. The summed E-state index contributed by atoms with van der Waals surface area (Å²) in [5.74, 6) is -2.05. The van der Waals surface area contributed by atoms with Crippen LogP contribution in [0.3, 0.4) is 0 Å². The van der Waals surface area contributed by atoms with Gasteiger partial charge in [-0.05, 0) is 86.3 Å². The van der Waals surface area contributed by atoms with Gasteiger partial charge in [0.25, 0.3) is 0 Å². The van der Waals surface area contributed by atoms with E-state index < -0.39 is 58.6 Å². The molecule has 8 heteroatoms. The van der Waals surface area contributed by atoms with E-state index in [0.717, 1.165) is 5.69 Å². The number of rotatable bonds is 4. The first-order valence-electron chi connectivity index (χ1n) is 15.7. The Morgan fingerprint density at radius 1 is 1.10 bits per heavy atom. The van der Waals surface area contributed by atoms with Crippen molar-refractivity contribution in [2.75, 3.05) is 18.2 Å². The molecule has 5 fully saturated rings. The number of hydroxylamine groups is 1. The van der Waals surface area contributed by atoms with Gasteiger partial charge in [0, 0.05) is 22.7 Å². The minimum atomic E-state index is -2.22. The molecule has 1 aromatic carbocycles. The van der Waals surface area contributed by atoms with E-state index in [-0.39, 0.29) is 30.1 Å². The van der Waals surface area contributed by atoms with E-state index in [2.05, 4.69) is 12.1 Å². The van der Waals surface area contributed by atoms with Crippen LogP contribution in [0.15, 0.2) is 48.1 Å². The molecule has 6 nitrogen and oxygen atoms in total. The number of halogens is 2. The summed E-state index contributed by atoms with van der Waals surface area (Å²) >= 11 is 0. The molecule has 226 valence electrons. The number of Topliss-reactive ketones (excluding diaryl/α,β-unsaturated/α-hetero) is 1. The predicted molar refractivity (Wildman–Crippen MR) is 153 cm³/mol. The molecule has 7 rings (SSSR count). The van der Waals surface area contributed by atoms with Gasteiger partial charge in [-0.1, -0.05) is 44.4 Å². The average molecular weight is 582 g/mol. The van der Waals surface area contributed by atoms with E-state index in [1.54, 1.807) is 12.0 Å². The summed E-state index contributed by atoms with van der Waals surface area (Å²) in [6, 6.07) is 8.30. The summed E-state index contributed by atoms with van der Waals surface area (Å²) in [7, 11) is 0. The number of alkyl halides is 2. The van der Waals surface area contributed by atoms with Gasteiger partial charge >= 0.3 is 0 Å². The van der Waals surface area contributed by atoms with Gasteiger partial charge in [0.15, 0.2) is 22.8 Å². The maximum atomic E-state index is 17.6. The number of fused-ring (bicyclic) bond motifs is 7. The van der Waals surface area contributed by atoms with Crippen molar-refractivity contribution in [2.24, 2.45) is 28.6 Å². The number of benzene rings is 1. The van der Waals surface area contributed by atoms with Gasteiger partial charge in [0.2, 0.25) is 0 Å². The number of allylic oxidation sites excluding steroid dienone is 4. The molecule has 1 aromatic rings. The van der Waals surface area contributed by atoms with Crippen LogP contribution in [0, 0.1) is 28.6 Å². The van der Waals surface area contributed by atoms with E-state index in [4.69, 9.17) is 4.84 Å². The van der Waals surface area contributed by atoms with Gasteiger partial charge in [-0.3, -0.25) is 19.5 Å². The second-order valence-corrected chi connectivity index (χ2v) is 14.2. The van der Waals surface area contributed by atoms with Crippen molar-refractivity contribution in [1.29, 1.82) is 0 Å². The zero-order valence-corrected chi connectivity index (χ0v) is 24.4. The van der Waals surface area contributed by atoms with Gasteiger partial charge in [-0.25, -0.2) is 8.78 Å². The van der Waals surface area contributed by atoms with E-state index in [1.165, 1.54) is 55.9 Å². The molecular formula is C34H41F2NO5. The third kappa shape index (κ3) is 3.52. The highest BCUT2D eigenvalue weighted by atomic mass is 19.1. The highest BCUT2D eigenvalue weighted by Crippen LogP contribution is 2.72. The summed E-state index contributed by atoms with van der Waals surface area (Å²) in [4.78, 5) is 32.5. The Morgan fingerprint density at radius 2 is 1.81 bits per heavy atom. The van der Waals surface area contributed by atoms with Crippen LogP contribution in [0.5, 0.6) is 0 Å². The number of aliphatic hydroxyl groups excluding tert-OH is 2. The predicted octanol–water partition coefficient (Wildman–Crippen LogP) is 5.33. The zero-order valence-electron chi connectivity index (χ0n) is 24.4. The molecule has 1 aliphatic heterocycles. The summed E-state index contributed by atoms with van der Waals surface area (Å²) < 4.78 is 33.4. The van der Waals surface area contributed by atoms with E-state index in [9.17, 15) is 19.8 Å². The van der Waals surface area contributed by atoms with Gasteiger partial charge < -0.3 is 10.2 Å². The molecule has 5 aliphatic carbocycles. The Balaban J connectivity index is 1.23. The smallest absolute Gasteiger partial charge is 0.193 e. The van der Waals surface area contributed by atoms with Crippen molar-refractivity contribution < 1.29 is 33.4 Å². The number of nitrogens with zero attached hydrogens (tertiary/aromatic N) is 1. The Bertz CT molecular complexity index is 1360. The molecule has 42 heavy (non-hydrogen) atoms. The largest absolute Gasteiger partial charge is 0.390 e. The Morgan fingerprint density at radius 3 is 2.50 bits per heavy atom. The van der Waals surface area contributed by atoms with Gasteiger partial charge in [0.05, 0.1) is 18.3 Å². The van der Waals surface area contributed by atoms with Crippen LogP contribution < -0.4 is 5.06 Å². The quantitative estimate of drug-likeness (QED) is 0.500. The van der Waals surface area contributed by atoms with Crippen molar-refractivity contribution in [3.8, 4) is 0 Å². The van der Waals surface area contributed by atoms with Crippen LogP contribution in [0.2, 0.25) is 0 Å². The number of ketones is 2. The molecule has 1 heterocycles. The third-order valence-electron chi connectivity index (χ3n) is 12.4. The molecule has 0 spiro atoms. The SMILES string of the molecule is C[C@]12C=CC(=O)C=C1[C@@H](F)C[C@H]1[C@@H]3C[C@H]4CN(c5ccc(C6CCCCC6)cc5)O[C@@]4(C(=O)CO)[C@@]3(C)C[C@H](O)[C@@]12F. The normalized spacial score (nSPS) is 44.7. The second kappa shape index (κ2) is 9.54. The second-order valence-electron chi connectivity index (χ2n) is 14.2. The first-order valence-corrected chi connectivity index (χ1v) is 15.7. The summed E-state index contributed by atoms with van der Waals surface area (Å²) in [5.41, 5.74) is -4.03. The summed E-state index contributed by atoms with van der Waals surface area (Å²) in [6.07, 6.45) is 7.11. The molecule has 0 amide bonds. The van der Waals surface area contributed by atoms with Crippen molar-refractivity contribution in [1.82, 2.24) is 0 Å². The number of anilines is 1. The monoisotopic (exact) mass is 581 g/mol. The van der Waals surface area contributed by atoms with Crippen molar-refractivity contribution in [2.45, 2.75) is 94.7 Å². The highest BCUT2D eigenvalue weighted by molar-refractivity contribution is 6.01. The van der Waals surface area contributed by atoms with Crippen LogP contribution in [0.1, 0.15) is 76.7 Å². The van der Waals surface area contributed by atoms with Gasteiger partial charge in [0.1, 0.15) is 12.8 Å². The fourth-order valence-electron chi connectivity index (χ4n) is 10.4. The minimum absolute atomic E-state index is 0.0786. The van der Waals surface area contributed by atoms with Crippen molar-refractivity contribution >= 4 is 17.3 Å². The molecule has 0 aromatic heterocycles. The Labute approximate surface area is 245 Å². The summed E-state index contributed by atoms with van der Waals surface area (Å²) in [6.45, 7) is 3.06. The number of carbonyl (C=O) groups excluding carboxylic acids is 2.